The molecule has 5 heteroatoms. The highest BCUT2D eigenvalue weighted by Gasteiger charge is 2.41. The van der Waals surface area contributed by atoms with Crippen LogP contribution < -0.4 is 0 Å². The summed E-state index contributed by atoms with van der Waals surface area (Å²) in [4.78, 5) is 10.4. The molecule has 180 valence electrons. The number of unbranched alkanes of at least 4 members (excludes halogenated alkanes) is 12. The molecule has 30 heavy (non-hydrogen) atoms. The number of allylic oxidation sites excluding steroid dienone is 2. The quantitative estimate of drug-likeness (QED) is 0.0839. The molecular formula is C25H53NO3P+. The third-order valence-corrected chi connectivity index (χ3v) is 7.99. The first-order chi connectivity index (χ1) is 14.3. The Labute approximate surface area is 188 Å². The van der Waals surface area contributed by atoms with Crippen LogP contribution in [0.25, 0.3) is 0 Å². The van der Waals surface area contributed by atoms with Gasteiger partial charge in [0.1, 0.15) is 0 Å². The molecule has 0 bridgehead atoms. The van der Waals surface area contributed by atoms with Gasteiger partial charge in [-0.05, 0) is 32.1 Å². The highest BCUT2D eigenvalue weighted by atomic mass is 31.2. The van der Waals surface area contributed by atoms with Crippen LogP contribution in [0.3, 0.4) is 0 Å². The lowest BCUT2D eigenvalue weighted by atomic mass is 10.1. The third-order valence-electron chi connectivity index (χ3n) is 5.73. The summed E-state index contributed by atoms with van der Waals surface area (Å²) in [6.07, 6.45) is 24.0. The van der Waals surface area contributed by atoms with Gasteiger partial charge in [0.25, 0.3) is 0 Å². The zero-order chi connectivity index (χ0) is 22.7. The summed E-state index contributed by atoms with van der Waals surface area (Å²) in [6, 6.07) is 0. The maximum Gasteiger partial charge on any atom is 0.385 e. The van der Waals surface area contributed by atoms with Gasteiger partial charge in [0.2, 0.25) is 0 Å². The average Bonchev–Trinajstić information content (AvgIpc) is 2.67. The Balaban J connectivity index is 3.56. The first-order valence-corrected chi connectivity index (χ1v) is 14.3. The summed E-state index contributed by atoms with van der Waals surface area (Å²) < 4.78 is 18.6. The van der Waals surface area contributed by atoms with Crippen molar-refractivity contribution in [3.05, 3.63) is 12.2 Å². The normalized spacial score (nSPS) is 15.5. The van der Waals surface area contributed by atoms with Gasteiger partial charge in [-0.25, -0.2) is 0 Å². The van der Waals surface area contributed by atoms with E-state index in [0.29, 0.717) is 17.5 Å². The fraction of sp³-hybridized carbons (Fsp3) is 0.920. The van der Waals surface area contributed by atoms with Crippen LogP contribution in [-0.4, -0.2) is 42.9 Å². The molecule has 0 rings (SSSR count). The summed E-state index contributed by atoms with van der Waals surface area (Å²) in [7, 11) is 2.35. The molecule has 0 radical (unpaired) electrons. The Kier molecular flexibility index (Phi) is 18.3. The van der Waals surface area contributed by atoms with Crippen molar-refractivity contribution in [1.29, 1.82) is 0 Å². The van der Waals surface area contributed by atoms with Crippen LogP contribution in [0, 0.1) is 0 Å². The maximum absolute atomic E-state index is 12.6. The second-order valence-corrected chi connectivity index (χ2v) is 11.7. The molecule has 0 saturated heterocycles. The Bertz CT molecular complexity index is 460. The minimum absolute atomic E-state index is 0.333. The van der Waals surface area contributed by atoms with Crippen molar-refractivity contribution >= 4 is 7.60 Å². The van der Waals surface area contributed by atoms with Crippen LogP contribution in [0.4, 0.5) is 0 Å². The fourth-order valence-corrected chi connectivity index (χ4v) is 5.91. The molecule has 0 aromatic heterocycles. The van der Waals surface area contributed by atoms with E-state index in [1.54, 1.807) is 0 Å². The summed E-state index contributed by atoms with van der Waals surface area (Å²) in [5.41, 5.74) is 0. The Morgan fingerprint density at radius 2 is 1.23 bits per heavy atom. The van der Waals surface area contributed by atoms with Gasteiger partial charge in [-0.1, -0.05) is 90.2 Å². The zero-order valence-electron chi connectivity index (χ0n) is 20.9. The second kappa shape index (κ2) is 18.4. The first kappa shape index (κ1) is 29.9. The van der Waals surface area contributed by atoms with Crippen LogP contribution in [0.1, 0.15) is 117 Å². The number of nitrogens with zero attached hydrogens (tertiary/aromatic N) is 1. The van der Waals surface area contributed by atoms with E-state index in [0.717, 1.165) is 19.3 Å². The Hall–Kier alpha value is -0.150. The van der Waals surface area contributed by atoms with Crippen molar-refractivity contribution in [3.63, 3.8) is 0 Å². The number of hydrogen-bond acceptors (Lipinski definition) is 2. The Morgan fingerprint density at radius 3 is 1.70 bits per heavy atom. The van der Waals surface area contributed by atoms with Gasteiger partial charge in [-0.3, -0.25) is 4.57 Å². The van der Waals surface area contributed by atoms with Crippen LogP contribution >= 0.6 is 7.60 Å². The summed E-state index contributed by atoms with van der Waals surface area (Å²) in [6.45, 7) is 4.68. The van der Waals surface area contributed by atoms with E-state index in [9.17, 15) is 9.46 Å². The smallest absolute Gasteiger partial charge is 0.320 e. The van der Waals surface area contributed by atoms with E-state index in [2.05, 4.69) is 26.0 Å². The fourth-order valence-electron chi connectivity index (χ4n) is 3.89. The molecule has 2 unspecified atom stereocenters. The molecule has 1 N–H and O–H groups in total. The molecule has 2 atom stereocenters. The topological polar surface area (TPSA) is 46.5 Å². The van der Waals surface area contributed by atoms with Crippen molar-refractivity contribution in [2.45, 2.75) is 122 Å². The van der Waals surface area contributed by atoms with Gasteiger partial charge < -0.3 is 13.9 Å². The van der Waals surface area contributed by atoms with Gasteiger partial charge in [0, 0.05) is 6.42 Å². The van der Waals surface area contributed by atoms with Crippen molar-refractivity contribution in [2.75, 3.05) is 27.7 Å². The standard InChI is InChI=1S/C25H52NO3P/c1-6-8-9-10-11-12-13-14-15-16-17-18-19-20-21-22-24-29-30(27,28)25(23-7-2)26(3,4)5/h9-10,25H,6-8,11-24H2,1-5H3/p+1. The van der Waals surface area contributed by atoms with Gasteiger partial charge in [-0.15, -0.1) is 0 Å². The van der Waals surface area contributed by atoms with E-state index < -0.39 is 7.60 Å². The largest absolute Gasteiger partial charge is 0.385 e. The van der Waals surface area contributed by atoms with Gasteiger partial charge in [-0.2, -0.15) is 0 Å². The molecule has 0 heterocycles. The molecule has 0 spiro atoms. The van der Waals surface area contributed by atoms with Crippen LogP contribution in [0.15, 0.2) is 12.2 Å². The number of hydrogen-bond donors (Lipinski definition) is 1. The SMILES string of the molecule is CCCC=CCCCCCCCCCCCCCOP(=O)(O)C(CCC)[N+](C)(C)C. The van der Waals surface area contributed by atoms with E-state index in [4.69, 9.17) is 4.52 Å². The summed E-state index contributed by atoms with van der Waals surface area (Å²) in [5, 5.41) is 0. The summed E-state index contributed by atoms with van der Waals surface area (Å²) >= 11 is 0. The van der Waals surface area contributed by atoms with Gasteiger partial charge >= 0.3 is 7.60 Å². The maximum atomic E-state index is 12.6. The van der Waals surface area contributed by atoms with Crippen molar-refractivity contribution in [2.24, 2.45) is 0 Å². The van der Waals surface area contributed by atoms with Crippen LogP contribution in [-0.2, 0) is 9.09 Å². The van der Waals surface area contributed by atoms with Crippen molar-refractivity contribution in [3.8, 4) is 0 Å². The third kappa shape index (κ3) is 16.5. The highest BCUT2D eigenvalue weighted by molar-refractivity contribution is 7.53. The average molecular weight is 447 g/mol. The molecule has 0 fully saturated rings. The molecule has 4 nitrogen and oxygen atoms in total. The minimum Gasteiger partial charge on any atom is -0.320 e. The molecule has 0 aliphatic heterocycles. The minimum atomic E-state index is -3.56. The first-order valence-electron chi connectivity index (χ1n) is 12.7. The molecule has 0 amide bonds. The molecule has 0 aromatic carbocycles. The molecule has 0 aliphatic rings. The van der Waals surface area contributed by atoms with E-state index in [1.165, 1.54) is 77.0 Å². The monoisotopic (exact) mass is 446 g/mol. The zero-order valence-corrected chi connectivity index (χ0v) is 21.8. The van der Waals surface area contributed by atoms with Crippen molar-refractivity contribution < 1.29 is 18.5 Å². The molecule has 0 aliphatic carbocycles. The lowest BCUT2D eigenvalue weighted by Gasteiger charge is -2.35. The predicted octanol–water partition coefficient (Wildman–Crippen LogP) is 8.06. The number of rotatable bonds is 21. The van der Waals surface area contributed by atoms with Crippen molar-refractivity contribution in [1.82, 2.24) is 0 Å². The predicted molar refractivity (Wildman–Crippen MR) is 132 cm³/mol. The second-order valence-electron chi connectivity index (χ2n) is 9.72. The van der Waals surface area contributed by atoms with E-state index in [-0.39, 0.29) is 5.78 Å². The molecule has 0 aromatic rings. The lowest BCUT2D eigenvalue weighted by molar-refractivity contribution is -0.883. The van der Waals surface area contributed by atoms with Gasteiger partial charge in [0.15, 0.2) is 5.78 Å². The lowest BCUT2D eigenvalue weighted by Crippen LogP contribution is -2.45. The van der Waals surface area contributed by atoms with E-state index in [1.807, 2.05) is 21.1 Å². The molecular weight excluding hydrogens is 393 g/mol. The van der Waals surface area contributed by atoms with Crippen LogP contribution in [0.2, 0.25) is 0 Å². The number of quaternary nitrogens is 1. The van der Waals surface area contributed by atoms with E-state index >= 15 is 0 Å². The molecule has 0 saturated carbocycles. The summed E-state index contributed by atoms with van der Waals surface area (Å²) in [5.74, 6) is -0.333. The Morgan fingerprint density at radius 1 is 0.767 bits per heavy atom. The van der Waals surface area contributed by atoms with Crippen LogP contribution in [0.5, 0.6) is 0 Å². The van der Waals surface area contributed by atoms with Gasteiger partial charge in [0.05, 0.1) is 27.7 Å². The highest BCUT2D eigenvalue weighted by Crippen LogP contribution is 2.51.